The molecule has 1 spiro atoms. The first-order valence-electron chi connectivity index (χ1n) is 8.40. The van der Waals surface area contributed by atoms with Gasteiger partial charge < -0.3 is 14.4 Å². The smallest absolute Gasteiger partial charge is 0.316 e. The van der Waals surface area contributed by atoms with Crippen molar-refractivity contribution in [3.63, 3.8) is 0 Å². The second-order valence-electron chi connectivity index (χ2n) is 6.39. The largest absolute Gasteiger partial charge is 0.458 e. The van der Waals surface area contributed by atoms with Gasteiger partial charge in [-0.2, -0.15) is 0 Å². The predicted molar refractivity (Wildman–Crippen MR) is 88.0 cm³/mol. The Morgan fingerprint density at radius 2 is 2.04 bits per heavy atom. The summed E-state index contributed by atoms with van der Waals surface area (Å²) >= 11 is 0. The van der Waals surface area contributed by atoms with E-state index in [1.807, 2.05) is 12.4 Å². The van der Waals surface area contributed by atoms with E-state index >= 15 is 0 Å². The summed E-state index contributed by atoms with van der Waals surface area (Å²) in [7, 11) is 0. The van der Waals surface area contributed by atoms with Gasteiger partial charge in [0.05, 0.1) is 18.8 Å². The van der Waals surface area contributed by atoms with Crippen LogP contribution in [-0.2, 0) is 11.2 Å². The summed E-state index contributed by atoms with van der Waals surface area (Å²) in [6, 6.07) is 2.19. The van der Waals surface area contributed by atoms with Gasteiger partial charge in [0.1, 0.15) is 6.10 Å². The molecule has 24 heavy (non-hydrogen) atoms. The zero-order valence-corrected chi connectivity index (χ0v) is 13.8. The van der Waals surface area contributed by atoms with Crippen LogP contribution in [0.3, 0.4) is 0 Å². The van der Waals surface area contributed by atoms with Crippen LogP contribution in [0.1, 0.15) is 25.3 Å². The summed E-state index contributed by atoms with van der Waals surface area (Å²) in [5, 5.41) is 0. The van der Waals surface area contributed by atoms with Gasteiger partial charge in [-0.3, -0.25) is 0 Å². The van der Waals surface area contributed by atoms with Gasteiger partial charge in [0.2, 0.25) is 5.95 Å². The van der Waals surface area contributed by atoms with Crippen molar-refractivity contribution in [2.75, 3.05) is 24.6 Å². The van der Waals surface area contributed by atoms with E-state index in [-0.39, 0.29) is 11.7 Å². The van der Waals surface area contributed by atoms with Gasteiger partial charge in [0.15, 0.2) is 0 Å². The van der Waals surface area contributed by atoms with E-state index in [1.165, 1.54) is 0 Å². The Kier molecular flexibility index (Phi) is 4.02. The fourth-order valence-corrected chi connectivity index (χ4v) is 3.37. The highest BCUT2D eigenvalue weighted by Crippen LogP contribution is 2.37. The number of aromatic nitrogens is 4. The molecule has 7 heteroatoms. The minimum absolute atomic E-state index is 0.00395. The molecule has 0 bridgehead atoms. The SMILES string of the molecule is CCc1cnc(N2CCC3(CC(Oc4ncccn4)CO3)C2)nc1. The fourth-order valence-electron chi connectivity index (χ4n) is 3.37. The van der Waals surface area contributed by atoms with Crippen molar-refractivity contribution in [1.29, 1.82) is 0 Å². The molecular formula is C17H21N5O2. The summed E-state index contributed by atoms with van der Waals surface area (Å²) in [6.07, 6.45) is 9.92. The molecule has 4 heterocycles. The Morgan fingerprint density at radius 1 is 1.25 bits per heavy atom. The molecule has 2 atom stereocenters. The molecule has 7 nitrogen and oxygen atoms in total. The zero-order chi connectivity index (χ0) is 16.4. The van der Waals surface area contributed by atoms with E-state index in [9.17, 15) is 0 Å². The van der Waals surface area contributed by atoms with E-state index in [0.717, 1.165) is 43.9 Å². The highest BCUT2D eigenvalue weighted by Gasteiger charge is 2.47. The lowest BCUT2D eigenvalue weighted by atomic mass is 9.98. The van der Waals surface area contributed by atoms with E-state index in [0.29, 0.717) is 12.6 Å². The molecule has 2 fully saturated rings. The van der Waals surface area contributed by atoms with Crippen molar-refractivity contribution in [2.24, 2.45) is 0 Å². The molecule has 0 N–H and O–H groups in total. The first kappa shape index (κ1) is 15.3. The molecular weight excluding hydrogens is 306 g/mol. The number of ether oxygens (including phenoxy) is 2. The van der Waals surface area contributed by atoms with Gasteiger partial charge >= 0.3 is 6.01 Å². The summed E-state index contributed by atoms with van der Waals surface area (Å²) in [5.74, 6) is 0.781. The van der Waals surface area contributed by atoms with Crippen LogP contribution in [0, 0.1) is 0 Å². The van der Waals surface area contributed by atoms with Crippen LogP contribution in [0.25, 0.3) is 0 Å². The summed E-state index contributed by atoms with van der Waals surface area (Å²) < 4.78 is 11.9. The third kappa shape index (κ3) is 3.03. The average Bonchev–Trinajstić information content (AvgIpc) is 3.23. The molecule has 0 radical (unpaired) electrons. The minimum atomic E-state index is -0.174. The van der Waals surface area contributed by atoms with Crippen LogP contribution in [0.5, 0.6) is 6.01 Å². The third-order valence-electron chi connectivity index (χ3n) is 4.69. The highest BCUT2D eigenvalue weighted by atomic mass is 16.6. The van der Waals surface area contributed by atoms with Gasteiger partial charge in [-0.15, -0.1) is 0 Å². The average molecular weight is 327 g/mol. The normalized spacial score (nSPS) is 26.2. The van der Waals surface area contributed by atoms with Crippen LogP contribution < -0.4 is 9.64 Å². The number of hydrogen-bond acceptors (Lipinski definition) is 7. The van der Waals surface area contributed by atoms with Gasteiger partial charge in [-0.05, 0) is 24.5 Å². The lowest BCUT2D eigenvalue weighted by molar-refractivity contribution is 0.0192. The molecule has 2 aromatic rings. The second-order valence-corrected chi connectivity index (χ2v) is 6.39. The van der Waals surface area contributed by atoms with Crippen LogP contribution in [0.2, 0.25) is 0 Å². The van der Waals surface area contributed by atoms with E-state index in [1.54, 1.807) is 18.5 Å². The fraction of sp³-hybridized carbons (Fsp3) is 0.529. The van der Waals surface area contributed by atoms with Crippen LogP contribution in [-0.4, -0.2) is 51.3 Å². The number of nitrogens with zero attached hydrogens (tertiary/aromatic N) is 5. The van der Waals surface area contributed by atoms with Crippen LogP contribution in [0.4, 0.5) is 5.95 Å². The predicted octanol–water partition coefficient (Wildman–Crippen LogP) is 1.65. The van der Waals surface area contributed by atoms with Crippen LogP contribution in [0.15, 0.2) is 30.9 Å². The van der Waals surface area contributed by atoms with Crippen molar-refractivity contribution in [2.45, 2.75) is 37.9 Å². The lowest BCUT2D eigenvalue weighted by Crippen LogP contribution is -2.34. The second kappa shape index (κ2) is 6.32. The Morgan fingerprint density at radius 3 is 2.79 bits per heavy atom. The first-order chi connectivity index (χ1) is 11.8. The molecule has 2 unspecified atom stereocenters. The van der Waals surface area contributed by atoms with E-state index in [4.69, 9.17) is 9.47 Å². The number of rotatable bonds is 4. The van der Waals surface area contributed by atoms with Gasteiger partial charge in [0, 0.05) is 37.8 Å². The summed E-state index contributed by atoms with van der Waals surface area (Å²) in [4.78, 5) is 19.4. The maximum atomic E-state index is 6.11. The summed E-state index contributed by atoms with van der Waals surface area (Å²) in [6.45, 7) is 4.38. The quantitative estimate of drug-likeness (QED) is 0.845. The van der Waals surface area contributed by atoms with Crippen molar-refractivity contribution < 1.29 is 9.47 Å². The summed E-state index contributed by atoms with van der Waals surface area (Å²) in [5.41, 5.74) is 0.979. The number of anilines is 1. The van der Waals surface area contributed by atoms with Gasteiger partial charge in [-0.25, -0.2) is 19.9 Å². The Hall–Kier alpha value is -2.28. The Balaban J connectivity index is 1.39. The lowest BCUT2D eigenvalue weighted by Gasteiger charge is -2.23. The molecule has 4 rings (SSSR count). The molecule has 0 aromatic carbocycles. The Bertz CT molecular complexity index is 681. The Labute approximate surface area is 141 Å². The first-order valence-corrected chi connectivity index (χ1v) is 8.40. The molecule has 2 aliphatic heterocycles. The molecule has 126 valence electrons. The zero-order valence-electron chi connectivity index (χ0n) is 13.8. The van der Waals surface area contributed by atoms with Crippen molar-refractivity contribution in [3.8, 4) is 6.01 Å². The molecule has 2 aromatic heterocycles. The van der Waals surface area contributed by atoms with E-state index < -0.39 is 0 Å². The highest BCUT2D eigenvalue weighted by molar-refractivity contribution is 5.34. The van der Waals surface area contributed by atoms with Crippen LogP contribution >= 0.6 is 0 Å². The molecule has 0 saturated carbocycles. The molecule has 2 saturated heterocycles. The molecule has 0 aliphatic carbocycles. The maximum Gasteiger partial charge on any atom is 0.316 e. The minimum Gasteiger partial charge on any atom is -0.458 e. The van der Waals surface area contributed by atoms with E-state index in [2.05, 4.69) is 31.8 Å². The van der Waals surface area contributed by atoms with Gasteiger partial charge in [0.25, 0.3) is 0 Å². The number of hydrogen-bond donors (Lipinski definition) is 0. The van der Waals surface area contributed by atoms with Crippen molar-refractivity contribution in [3.05, 3.63) is 36.4 Å². The topological polar surface area (TPSA) is 73.3 Å². The number of aryl methyl sites for hydroxylation is 1. The molecule has 0 amide bonds. The monoisotopic (exact) mass is 327 g/mol. The van der Waals surface area contributed by atoms with Crippen molar-refractivity contribution in [1.82, 2.24) is 19.9 Å². The standard InChI is InChI=1S/C17H21N5O2/c1-2-13-9-20-15(21-10-13)22-7-4-17(12-22)8-14(11-23-17)24-16-18-5-3-6-19-16/h3,5-6,9-10,14H,2,4,7-8,11-12H2,1H3. The maximum absolute atomic E-state index is 6.11. The van der Waals surface area contributed by atoms with Crippen molar-refractivity contribution >= 4 is 5.95 Å². The third-order valence-corrected chi connectivity index (χ3v) is 4.69. The molecule has 2 aliphatic rings. The van der Waals surface area contributed by atoms with Gasteiger partial charge in [-0.1, -0.05) is 6.92 Å².